The Morgan fingerprint density at radius 1 is 1.54 bits per heavy atom. The third-order valence-corrected chi connectivity index (χ3v) is 5.57. The van der Waals surface area contributed by atoms with Gasteiger partial charge in [0.15, 0.2) is 4.80 Å². The predicted octanol–water partition coefficient (Wildman–Crippen LogP) is 4.16. The second-order valence-electron chi connectivity index (χ2n) is 6.21. The quantitative estimate of drug-likeness (QED) is 0.767. The molecule has 26 heavy (non-hydrogen) atoms. The Hall–Kier alpha value is -1.89. The van der Waals surface area contributed by atoms with Crippen molar-refractivity contribution in [2.75, 3.05) is 13.7 Å². The Morgan fingerprint density at radius 2 is 2.35 bits per heavy atom. The van der Waals surface area contributed by atoms with Crippen molar-refractivity contribution in [1.29, 1.82) is 0 Å². The lowest BCUT2D eigenvalue weighted by Gasteiger charge is -2.10. The molecule has 1 aromatic heterocycles. The van der Waals surface area contributed by atoms with Crippen LogP contribution in [0.4, 0.5) is 0 Å². The summed E-state index contributed by atoms with van der Waals surface area (Å²) >= 11 is 7.47. The number of carbonyl (C=O) groups excluding carboxylic acids is 1. The number of benzene rings is 1. The van der Waals surface area contributed by atoms with Gasteiger partial charge in [0.2, 0.25) is 0 Å². The number of allylic oxidation sites excluding steroid dienone is 1. The van der Waals surface area contributed by atoms with E-state index in [0.717, 1.165) is 29.9 Å². The smallest absolute Gasteiger partial charge is 0.283 e. The van der Waals surface area contributed by atoms with Gasteiger partial charge in [0.1, 0.15) is 5.75 Å². The Balaban J connectivity index is 1.99. The SMILES string of the molecule is C=C(C)c1cn(CC2CCCO2)c(=NC(=O)c2cc(Cl)ccc2OC)s1. The average molecular weight is 393 g/mol. The number of ether oxygens (including phenoxy) is 2. The first-order valence-corrected chi connectivity index (χ1v) is 9.57. The lowest BCUT2D eigenvalue weighted by Crippen LogP contribution is -2.23. The summed E-state index contributed by atoms with van der Waals surface area (Å²) in [5, 5.41) is 0.463. The van der Waals surface area contributed by atoms with Gasteiger partial charge in [0.25, 0.3) is 5.91 Å². The number of amides is 1. The maximum Gasteiger partial charge on any atom is 0.283 e. The van der Waals surface area contributed by atoms with Crippen LogP contribution in [0.25, 0.3) is 5.57 Å². The van der Waals surface area contributed by atoms with E-state index in [-0.39, 0.29) is 12.0 Å². The molecule has 3 rings (SSSR count). The van der Waals surface area contributed by atoms with Gasteiger partial charge in [-0.15, -0.1) is 0 Å². The first-order valence-electron chi connectivity index (χ1n) is 8.38. The minimum Gasteiger partial charge on any atom is -0.496 e. The van der Waals surface area contributed by atoms with Crippen LogP contribution in [0.3, 0.4) is 0 Å². The molecule has 0 saturated carbocycles. The van der Waals surface area contributed by atoms with Crippen LogP contribution < -0.4 is 9.54 Å². The Labute approximate surface area is 161 Å². The van der Waals surface area contributed by atoms with Crippen molar-refractivity contribution >= 4 is 34.4 Å². The van der Waals surface area contributed by atoms with Gasteiger partial charge in [-0.25, -0.2) is 0 Å². The number of thiazole rings is 1. The maximum absolute atomic E-state index is 12.7. The van der Waals surface area contributed by atoms with Crippen molar-refractivity contribution in [2.45, 2.75) is 32.4 Å². The zero-order chi connectivity index (χ0) is 18.7. The molecule has 1 aliphatic heterocycles. The van der Waals surface area contributed by atoms with Crippen LogP contribution in [0, 0.1) is 0 Å². The van der Waals surface area contributed by atoms with Crippen LogP contribution in [-0.4, -0.2) is 30.3 Å². The van der Waals surface area contributed by atoms with E-state index >= 15 is 0 Å². The number of carbonyl (C=O) groups is 1. The normalized spacial score (nSPS) is 17.5. The first-order chi connectivity index (χ1) is 12.5. The molecule has 0 radical (unpaired) electrons. The monoisotopic (exact) mass is 392 g/mol. The molecular formula is C19H21ClN2O3S. The first kappa shape index (κ1) is 18.9. The van der Waals surface area contributed by atoms with E-state index in [1.165, 1.54) is 18.4 Å². The molecular weight excluding hydrogens is 372 g/mol. The molecule has 2 aromatic rings. The van der Waals surface area contributed by atoms with Crippen LogP contribution in [0.5, 0.6) is 5.75 Å². The molecule has 0 N–H and O–H groups in total. The molecule has 2 heterocycles. The molecule has 0 spiro atoms. The highest BCUT2D eigenvalue weighted by Gasteiger charge is 2.18. The summed E-state index contributed by atoms with van der Waals surface area (Å²) in [6, 6.07) is 4.92. The van der Waals surface area contributed by atoms with Gasteiger partial charge in [-0.2, -0.15) is 4.99 Å². The number of hydrogen-bond acceptors (Lipinski definition) is 4. The van der Waals surface area contributed by atoms with Gasteiger partial charge in [-0.05, 0) is 43.5 Å². The summed E-state index contributed by atoms with van der Waals surface area (Å²) in [6.07, 6.45) is 4.21. The van der Waals surface area contributed by atoms with Crippen molar-refractivity contribution in [2.24, 2.45) is 4.99 Å². The van der Waals surface area contributed by atoms with Crippen molar-refractivity contribution in [3.8, 4) is 5.75 Å². The third-order valence-electron chi connectivity index (χ3n) is 4.15. The van der Waals surface area contributed by atoms with Gasteiger partial charge in [0, 0.05) is 22.7 Å². The summed E-state index contributed by atoms with van der Waals surface area (Å²) < 4.78 is 13.0. The molecule has 1 unspecified atom stereocenters. The molecule has 1 atom stereocenters. The zero-order valence-corrected chi connectivity index (χ0v) is 16.4. The number of rotatable bonds is 5. The van der Waals surface area contributed by atoms with Crippen molar-refractivity contribution in [1.82, 2.24) is 4.57 Å². The average Bonchev–Trinajstić information content (AvgIpc) is 3.25. The van der Waals surface area contributed by atoms with E-state index in [2.05, 4.69) is 11.6 Å². The second-order valence-corrected chi connectivity index (χ2v) is 7.65. The summed E-state index contributed by atoms with van der Waals surface area (Å²) in [7, 11) is 1.52. The summed E-state index contributed by atoms with van der Waals surface area (Å²) in [6.45, 7) is 7.38. The molecule has 5 nitrogen and oxygen atoms in total. The van der Waals surface area contributed by atoms with E-state index in [1.54, 1.807) is 18.2 Å². The zero-order valence-electron chi connectivity index (χ0n) is 14.8. The third kappa shape index (κ3) is 4.26. The van der Waals surface area contributed by atoms with E-state index in [0.29, 0.717) is 27.7 Å². The van der Waals surface area contributed by atoms with Gasteiger partial charge >= 0.3 is 0 Å². The fraction of sp³-hybridized carbons (Fsp3) is 0.368. The highest BCUT2D eigenvalue weighted by molar-refractivity contribution is 7.10. The number of nitrogens with zero attached hydrogens (tertiary/aromatic N) is 2. The number of aromatic nitrogens is 1. The lowest BCUT2D eigenvalue weighted by molar-refractivity contribution is 0.0949. The van der Waals surface area contributed by atoms with E-state index in [4.69, 9.17) is 21.1 Å². The Kier molecular flexibility index (Phi) is 5.96. The van der Waals surface area contributed by atoms with Gasteiger partial charge in [-0.1, -0.05) is 29.5 Å². The van der Waals surface area contributed by atoms with Crippen molar-refractivity contribution < 1.29 is 14.3 Å². The molecule has 1 fully saturated rings. The second kappa shape index (κ2) is 8.20. The molecule has 1 aromatic carbocycles. The topological polar surface area (TPSA) is 52.8 Å². The summed E-state index contributed by atoms with van der Waals surface area (Å²) in [5.41, 5.74) is 1.28. The van der Waals surface area contributed by atoms with Gasteiger partial charge in [-0.3, -0.25) is 4.79 Å². The van der Waals surface area contributed by atoms with Crippen molar-refractivity contribution in [3.63, 3.8) is 0 Å². The van der Waals surface area contributed by atoms with E-state index in [9.17, 15) is 4.79 Å². The molecule has 1 aliphatic rings. The van der Waals surface area contributed by atoms with Crippen LogP contribution in [0.15, 0.2) is 36.0 Å². The molecule has 0 aliphatic carbocycles. The maximum atomic E-state index is 12.7. The largest absolute Gasteiger partial charge is 0.496 e. The Morgan fingerprint density at radius 3 is 3.00 bits per heavy atom. The highest BCUT2D eigenvalue weighted by Crippen LogP contribution is 2.24. The summed E-state index contributed by atoms with van der Waals surface area (Å²) in [4.78, 5) is 18.7. The minimum absolute atomic E-state index is 0.150. The number of hydrogen-bond donors (Lipinski definition) is 0. The fourth-order valence-electron chi connectivity index (χ4n) is 2.80. The molecule has 7 heteroatoms. The van der Waals surface area contributed by atoms with E-state index in [1.807, 2.05) is 17.7 Å². The van der Waals surface area contributed by atoms with Crippen LogP contribution in [0.1, 0.15) is 35.0 Å². The Bertz CT molecular complexity index is 894. The highest BCUT2D eigenvalue weighted by atomic mass is 35.5. The van der Waals surface area contributed by atoms with Gasteiger partial charge in [0.05, 0.1) is 25.3 Å². The van der Waals surface area contributed by atoms with E-state index < -0.39 is 0 Å². The van der Waals surface area contributed by atoms with Gasteiger partial charge < -0.3 is 14.0 Å². The summed E-state index contributed by atoms with van der Waals surface area (Å²) in [5.74, 6) is 0.0612. The lowest BCUT2D eigenvalue weighted by atomic mass is 10.2. The molecule has 1 saturated heterocycles. The predicted molar refractivity (Wildman–Crippen MR) is 104 cm³/mol. The molecule has 1 amide bonds. The standard InChI is InChI=1S/C19H21ClN2O3S/c1-12(2)17-11-22(10-14-5-4-8-25-14)19(26-17)21-18(23)15-9-13(20)6-7-16(15)24-3/h6-7,9,11,14H,1,4-5,8,10H2,2-3H3. The van der Waals surface area contributed by atoms with Crippen LogP contribution >= 0.6 is 22.9 Å². The van der Waals surface area contributed by atoms with Crippen LogP contribution in [-0.2, 0) is 11.3 Å². The minimum atomic E-state index is -0.388. The number of halogens is 1. The number of methoxy groups -OCH3 is 1. The molecule has 0 bridgehead atoms. The van der Waals surface area contributed by atoms with Crippen LogP contribution in [0.2, 0.25) is 5.02 Å². The fourth-order valence-corrected chi connectivity index (χ4v) is 3.89. The van der Waals surface area contributed by atoms with Crippen molar-refractivity contribution in [3.05, 3.63) is 51.2 Å². The molecule has 138 valence electrons.